The number of nitrogens with zero attached hydrogens (tertiary/aromatic N) is 2. The number of rotatable bonds is 11. The number of aromatic nitrogens is 1. The number of aryl methyl sites for hydroxylation is 1. The van der Waals surface area contributed by atoms with Crippen molar-refractivity contribution in [1.29, 1.82) is 0 Å². The van der Waals surface area contributed by atoms with Gasteiger partial charge in [-0.1, -0.05) is 36.4 Å². The number of nitrogens with one attached hydrogen (secondary N) is 1. The minimum atomic E-state index is -0.102. The molecule has 0 aliphatic carbocycles. The number of pyridine rings is 1. The van der Waals surface area contributed by atoms with Crippen LogP contribution in [0.5, 0.6) is 17.2 Å². The van der Waals surface area contributed by atoms with Gasteiger partial charge in [0.2, 0.25) is 5.91 Å². The highest BCUT2D eigenvalue weighted by Gasteiger charge is 2.32. The van der Waals surface area contributed by atoms with E-state index in [1.807, 2.05) is 55.5 Å². The molecule has 2 aromatic carbocycles. The maximum absolute atomic E-state index is 13.2. The lowest BCUT2D eigenvalue weighted by atomic mass is 9.88. The van der Waals surface area contributed by atoms with Crippen LogP contribution in [0.2, 0.25) is 0 Å². The number of piperidine rings is 1. The third-order valence-corrected chi connectivity index (χ3v) is 6.76. The Bertz CT molecular complexity index is 1140. The number of likely N-dealkylation sites (tertiary alicyclic amines) is 1. The highest BCUT2D eigenvalue weighted by atomic mass is 16.5. The number of methoxy groups -OCH3 is 2. The van der Waals surface area contributed by atoms with E-state index in [1.165, 1.54) is 5.56 Å². The van der Waals surface area contributed by atoms with Crippen LogP contribution in [0.4, 0.5) is 0 Å². The average molecular weight is 504 g/mol. The molecule has 1 N–H and O–H groups in total. The number of carbonyl (C=O) groups is 1. The molecule has 3 aromatic rings. The highest BCUT2D eigenvalue weighted by Crippen LogP contribution is 2.30. The molecule has 4 rings (SSSR count). The first-order valence-corrected chi connectivity index (χ1v) is 12.8. The lowest BCUT2D eigenvalue weighted by Crippen LogP contribution is -2.47. The topological polar surface area (TPSA) is 72.9 Å². The Hall–Kier alpha value is -3.58. The second-order valence-electron chi connectivity index (χ2n) is 9.65. The zero-order chi connectivity index (χ0) is 26.0. The van der Waals surface area contributed by atoms with Gasteiger partial charge in [0.05, 0.1) is 32.9 Å². The van der Waals surface area contributed by atoms with E-state index in [9.17, 15) is 4.79 Å². The largest absolute Gasteiger partial charge is 0.493 e. The van der Waals surface area contributed by atoms with Crippen molar-refractivity contribution in [2.45, 2.75) is 26.3 Å². The minimum absolute atomic E-state index is 0.102. The standard InChI is InChI=1S/C30H37N3O4/c1-22-9-11-27(17-32-22)37-21-25-15-26(30(34)31-14-13-23-7-5-4-6-8-23)20-33(19-25)18-24-10-12-28(35-2)29(16-24)36-3/h4-12,16-17,25-26H,13-15,18-21H2,1-3H3,(H,31,34)/t25-,26+/m0/s1. The molecule has 196 valence electrons. The maximum Gasteiger partial charge on any atom is 0.224 e. The van der Waals surface area contributed by atoms with Gasteiger partial charge in [0.15, 0.2) is 11.5 Å². The van der Waals surface area contributed by atoms with Crippen LogP contribution in [0.25, 0.3) is 0 Å². The average Bonchev–Trinajstić information content (AvgIpc) is 2.93. The van der Waals surface area contributed by atoms with Crippen LogP contribution in [0.15, 0.2) is 66.9 Å². The summed E-state index contributed by atoms with van der Waals surface area (Å²) in [6.45, 7) is 5.40. The van der Waals surface area contributed by atoms with Gasteiger partial charge in [-0.15, -0.1) is 0 Å². The highest BCUT2D eigenvalue weighted by molar-refractivity contribution is 5.79. The molecule has 1 amide bonds. The van der Waals surface area contributed by atoms with Crippen molar-refractivity contribution >= 4 is 5.91 Å². The Morgan fingerprint density at radius 3 is 2.54 bits per heavy atom. The first-order valence-electron chi connectivity index (χ1n) is 12.8. The molecule has 0 bridgehead atoms. The fraction of sp³-hybridized carbons (Fsp3) is 0.400. The van der Waals surface area contributed by atoms with Gasteiger partial charge in [-0.05, 0) is 55.2 Å². The Balaban J connectivity index is 1.41. The molecule has 0 spiro atoms. The van der Waals surface area contributed by atoms with Gasteiger partial charge in [0.1, 0.15) is 5.75 Å². The first kappa shape index (κ1) is 26.5. The molecule has 7 heteroatoms. The number of amides is 1. The van der Waals surface area contributed by atoms with Gasteiger partial charge < -0.3 is 19.5 Å². The second kappa shape index (κ2) is 13.1. The predicted octanol–water partition coefficient (Wildman–Crippen LogP) is 4.28. The summed E-state index contributed by atoms with van der Waals surface area (Å²) in [6.07, 6.45) is 3.37. The molecular weight excluding hydrogens is 466 g/mol. The summed E-state index contributed by atoms with van der Waals surface area (Å²) in [4.78, 5) is 19.9. The molecule has 1 aliphatic rings. The van der Waals surface area contributed by atoms with Gasteiger partial charge in [-0.2, -0.15) is 0 Å². The molecule has 2 atom stereocenters. The van der Waals surface area contributed by atoms with Crippen LogP contribution in [0.1, 0.15) is 23.2 Å². The van der Waals surface area contributed by atoms with Crippen molar-refractivity contribution in [2.24, 2.45) is 11.8 Å². The van der Waals surface area contributed by atoms with E-state index >= 15 is 0 Å². The van der Waals surface area contributed by atoms with Crippen LogP contribution < -0.4 is 19.5 Å². The molecule has 7 nitrogen and oxygen atoms in total. The lowest BCUT2D eigenvalue weighted by molar-refractivity contribution is -0.127. The normalized spacial score (nSPS) is 17.7. The lowest BCUT2D eigenvalue weighted by Gasteiger charge is -2.37. The van der Waals surface area contributed by atoms with E-state index in [4.69, 9.17) is 14.2 Å². The minimum Gasteiger partial charge on any atom is -0.493 e. The quantitative estimate of drug-likeness (QED) is 0.421. The Labute approximate surface area is 219 Å². The second-order valence-corrected chi connectivity index (χ2v) is 9.65. The zero-order valence-corrected chi connectivity index (χ0v) is 22.0. The van der Waals surface area contributed by atoms with E-state index in [2.05, 4.69) is 27.3 Å². The van der Waals surface area contributed by atoms with Crippen LogP contribution in [0, 0.1) is 18.8 Å². The summed E-state index contributed by atoms with van der Waals surface area (Å²) >= 11 is 0. The number of carbonyl (C=O) groups excluding carboxylic acids is 1. The molecule has 0 radical (unpaired) electrons. The SMILES string of the molecule is COc1ccc(CN2C[C@@H](COc3ccc(C)nc3)C[C@@H](C(=O)NCCc3ccccc3)C2)cc1OC. The van der Waals surface area contributed by atoms with E-state index in [1.54, 1.807) is 20.4 Å². The van der Waals surface area contributed by atoms with Crippen LogP contribution in [0.3, 0.4) is 0 Å². The van der Waals surface area contributed by atoms with Gasteiger partial charge >= 0.3 is 0 Å². The Morgan fingerprint density at radius 2 is 1.81 bits per heavy atom. The smallest absolute Gasteiger partial charge is 0.224 e. The van der Waals surface area contributed by atoms with Crippen molar-refractivity contribution in [3.8, 4) is 17.2 Å². The third-order valence-electron chi connectivity index (χ3n) is 6.76. The van der Waals surface area contributed by atoms with Crippen molar-refractivity contribution in [2.75, 3.05) is 40.5 Å². The van der Waals surface area contributed by atoms with Crippen LogP contribution >= 0.6 is 0 Å². The van der Waals surface area contributed by atoms with Crippen LogP contribution in [-0.2, 0) is 17.8 Å². The van der Waals surface area contributed by atoms with Crippen molar-refractivity contribution in [1.82, 2.24) is 15.2 Å². The van der Waals surface area contributed by atoms with Crippen LogP contribution in [-0.4, -0.2) is 56.3 Å². The van der Waals surface area contributed by atoms with Crippen molar-refractivity contribution in [3.05, 3.63) is 83.7 Å². The fourth-order valence-electron chi connectivity index (χ4n) is 4.85. The summed E-state index contributed by atoms with van der Waals surface area (Å²) in [7, 11) is 3.28. The number of hydrogen-bond acceptors (Lipinski definition) is 6. The summed E-state index contributed by atoms with van der Waals surface area (Å²) in [5.41, 5.74) is 3.29. The van der Waals surface area contributed by atoms with Gasteiger partial charge in [0.25, 0.3) is 0 Å². The molecule has 1 saturated heterocycles. The van der Waals surface area contributed by atoms with E-state index in [0.717, 1.165) is 42.9 Å². The number of hydrogen-bond donors (Lipinski definition) is 1. The number of ether oxygens (including phenoxy) is 3. The molecule has 1 aromatic heterocycles. The van der Waals surface area contributed by atoms with Gasteiger partial charge in [-0.25, -0.2) is 0 Å². The summed E-state index contributed by atoms with van der Waals surface area (Å²) in [5, 5.41) is 3.17. The van der Waals surface area contributed by atoms with E-state index in [0.29, 0.717) is 31.2 Å². The summed E-state index contributed by atoms with van der Waals surface area (Å²) in [5.74, 6) is 2.40. The molecular formula is C30H37N3O4. The predicted molar refractivity (Wildman–Crippen MR) is 144 cm³/mol. The van der Waals surface area contributed by atoms with E-state index in [-0.39, 0.29) is 17.7 Å². The molecule has 1 fully saturated rings. The zero-order valence-electron chi connectivity index (χ0n) is 22.0. The summed E-state index contributed by atoms with van der Waals surface area (Å²) < 4.78 is 16.9. The van der Waals surface area contributed by atoms with E-state index < -0.39 is 0 Å². The molecule has 0 saturated carbocycles. The molecule has 1 aliphatic heterocycles. The van der Waals surface area contributed by atoms with Gasteiger partial charge in [0, 0.05) is 37.8 Å². The third kappa shape index (κ3) is 7.70. The number of benzene rings is 2. The maximum atomic E-state index is 13.2. The molecule has 2 heterocycles. The molecule has 0 unspecified atom stereocenters. The van der Waals surface area contributed by atoms with Crippen molar-refractivity contribution < 1.29 is 19.0 Å². The van der Waals surface area contributed by atoms with Crippen molar-refractivity contribution in [3.63, 3.8) is 0 Å². The Kier molecular flexibility index (Phi) is 9.38. The monoisotopic (exact) mass is 503 g/mol. The molecule has 37 heavy (non-hydrogen) atoms. The van der Waals surface area contributed by atoms with Gasteiger partial charge in [-0.3, -0.25) is 14.7 Å². The fourth-order valence-corrected chi connectivity index (χ4v) is 4.85. The Morgan fingerprint density at radius 1 is 1.00 bits per heavy atom. The first-order chi connectivity index (χ1) is 18.0. The summed E-state index contributed by atoms with van der Waals surface area (Å²) in [6, 6.07) is 20.1.